The van der Waals surface area contributed by atoms with Gasteiger partial charge in [0, 0.05) is 18.1 Å². The summed E-state index contributed by atoms with van der Waals surface area (Å²) < 4.78 is 1.46. The van der Waals surface area contributed by atoms with Gasteiger partial charge in [-0.15, -0.1) is 0 Å². The summed E-state index contributed by atoms with van der Waals surface area (Å²) in [4.78, 5) is 29.4. The van der Waals surface area contributed by atoms with Crippen molar-refractivity contribution in [1.82, 2.24) is 9.55 Å². The van der Waals surface area contributed by atoms with E-state index in [4.69, 9.17) is 5.26 Å². The van der Waals surface area contributed by atoms with Crippen LogP contribution < -0.4 is 10.9 Å². The number of aryl methyl sites for hydroxylation is 1. The minimum atomic E-state index is -0.546. The number of carbonyl (C=O) groups is 1. The van der Waals surface area contributed by atoms with Gasteiger partial charge in [-0.2, -0.15) is 5.26 Å². The summed E-state index contributed by atoms with van der Waals surface area (Å²) >= 11 is 0. The van der Waals surface area contributed by atoms with E-state index in [1.54, 1.807) is 42.6 Å². The number of pyridine rings is 2. The molecule has 1 N–H and O–H groups in total. The molecule has 6 nitrogen and oxygen atoms in total. The standard InChI is InChI=1S/C18H14N4O2/c1-2-22-16-12(7-5-9-20-16)10-14(18(22)24)17(23)21-15-8-4-3-6-13(15)11-19/h3-10H,2H2,1H3,(H,21,23). The highest BCUT2D eigenvalue weighted by atomic mass is 16.2. The molecule has 0 radical (unpaired) electrons. The highest BCUT2D eigenvalue weighted by Crippen LogP contribution is 2.16. The number of carbonyl (C=O) groups excluding carboxylic acids is 1. The second-order valence-electron chi connectivity index (χ2n) is 5.14. The summed E-state index contributed by atoms with van der Waals surface area (Å²) in [6.45, 7) is 2.23. The van der Waals surface area contributed by atoms with Crippen LogP contribution in [0.2, 0.25) is 0 Å². The van der Waals surface area contributed by atoms with E-state index in [1.807, 2.05) is 13.0 Å². The van der Waals surface area contributed by atoms with Gasteiger partial charge < -0.3 is 5.32 Å². The van der Waals surface area contributed by atoms with Gasteiger partial charge in [-0.05, 0) is 37.3 Å². The molecule has 1 amide bonds. The lowest BCUT2D eigenvalue weighted by Crippen LogP contribution is -2.29. The highest BCUT2D eigenvalue weighted by Gasteiger charge is 2.16. The number of amides is 1. The van der Waals surface area contributed by atoms with Crippen molar-refractivity contribution in [3.05, 3.63) is 70.1 Å². The molecule has 0 atom stereocenters. The molecule has 0 aliphatic carbocycles. The lowest BCUT2D eigenvalue weighted by molar-refractivity contribution is 0.102. The zero-order valence-electron chi connectivity index (χ0n) is 13.0. The van der Waals surface area contributed by atoms with E-state index in [-0.39, 0.29) is 5.56 Å². The predicted octanol–water partition coefficient (Wildman–Crippen LogP) is 2.54. The van der Waals surface area contributed by atoms with Crippen LogP contribution in [0.25, 0.3) is 11.0 Å². The third-order valence-electron chi connectivity index (χ3n) is 3.70. The number of nitrogens with zero attached hydrogens (tertiary/aromatic N) is 3. The Morgan fingerprint density at radius 3 is 2.83 bits per heavy atom. The monoisotopic (exact) mass is 318 g/mol. The van der Waals surface area contributed by atoms with Gasteiger partial charge in [0.05, 0.1) is 11.3 Å². The molecule has 0 bridgehead atoms. The molecule has 0 aliphatic rings. The Hall–Kier alpha value is -3.46. The average molecular weight is 318 g/mol. The molecule has 0 spiro atoms. The van der Waals surface area contributed by atoms with Gasteiger partial charge >= 0.3 is 0 Å². The van der Waals surface area contributed by atoms with Crippen LogP contribution in [0.4, 0.5) is 5.69 Å². The summed E-state index contributed by atoms with van der Waals surface area (Å²) in [6, 6.07) is 13.7. The van der Waals surface area contributed by atoms with Gasteiger partial charge in [0.25, 0.3) is 11.5 Å². The fourth-order valence-electron chi connectivity index (χ4n) is 2.54. The number of nitrogens with one attached hydrogen (secondary N) is 1. The molecule has 0 unspecified atom stereocenters. The first kappa shape index (κ1) is 15.4. The molecular formula is C18H14N4O2. The van der Waals surface area contributed by atoms with Crippen LogP contribution in [0.5, 0.6) is 0 Å². The van der Waals surface area contributed by atoms with Gasteiger partial charge in [0.1, 0.15) is 17.3 Å². The molecule has 0 saturated heterocycles. The summed E-state index contributed by atoms with van der Waals surface area (Å²) in [7, 11) is 0. The number of hydrogen-bond donors (Lipinski definition) is 1. The number of hydrogen-bond acceptors (Lipinski definition) is 4. The zero-order valence-corrected chi connectivity index (χ0v) is 13.0. The summed E-state index contributed by atoms with van der Waals surface area (Å²) in [6.07, 6.45) is 1.61. The molecule has 6 heteroatoms. The number of anilines is 1. The van der Waals surface area contributed by atoms with E-state index in [2.05, 4.69) is 10.3 Å². The Balaban J connectivity index is 2.09. The Bertz CT molecular complexity index is 1030. The van der Waals surface area contributed by atoms with Crippen LogP contribution in [-0.2, 0) is 6.54 Å². The van der Waals surface area contributed by atoms with E-state index in [9.17, 15) is 9.59 Å². The number of para-hydroxylation sites is 1. The Kier molecular flexibility index (Phi) is 4.08. The lowest BCUT2D eigenvalue weighted by atomic mass is 10.1. The molecule has 2 aromatic heterocycles. The summed E-state index contributed by atoms with van der Waals surface area (Å²) in [5, 5.41) is 12.5. The number of benzene rings is 1. The minimum Gasteiger partial charge on any atom is -0.321 e. The van der Waals surface area contributed by atoms with Gasteiger partial charge in [0.2, 0.25) is 0 Å². The Morgan fingerprint density at radius 2 is 2.08 bits per heavy atom. The van der Waals surface area contributed by atoms with Crippen molar-refractivity contribution in [2.45, 2.75) is 13.5 Å². The summed E-state index contributed by atoms with van der Waals surface area (Å²) in [5.74, 6) is -0.546. The first-order valence-corrected chi connectivity index (χ1v) is 7.44. The van der Waals surface area contributed by atoms with Crippen molar-refractivity contribution in [3.8, 4) is 6.07 Å². The number of nitriles is 1. The number of aromatic nitrogens is 2. The van der Waals surface area contributed by atoms with E-state index in [0.717, 1.165) is 0 Å². The maximum absolute atomic E-state index is 12.6. The van der Waals surface area contributed by atoms with Crippen molar-refractivity contribution in [3.63, 3.8) is 0 Å². The largest absolute Gasteiger partial charge is 0.321 e. The van der Waals surface area contributed by atoms with Crippen molar-refractivity contribution in [2.24, 2.45) is 0 Å². The Morgan fingerprint density at radius 1 is 1.29 bits per heavy atom. The molecule has 1 aromatic carbocycles. The molecule has 2 heterocycles. The minimum absolute atomic E-state index is 0.0186. The molecule has 0 fully saturated rings. The predicted molar refractivity (Wildman–Crippen MR) is 90.8 cm³/mol. The van der Waals surface area contributed by atoms with E-state index >= 15 is 0 Å². The van der Waals surface area contributed by atoms with Crippen LogP contribution in [0.1, 0.15) is 22.8 Å². The number of rotatable bonds is 3. The molecule has 0 saturated carbocycles. The van der Waals surface area contributed by atoms with Crippen LogP contribution >= 0.6 is 0 Å². The number of fused-ring (bicyclic) bond motifs is 1. The molecule has 118 valence electrons. The van der Waals surface area contributed by atoms with E-state index < -0.39 is 11.5 Å². The van der Waals surface area contributed by atoms with Gasteiger partial charge in [0.15, 0.2) is 0 Å². The first-order chi connectivity index (χ1) is 11.7. The normalized spacial score (nSPS) is 10.3. The molecule has 3 aromatic rings. The van der Waals surface area contributed by atoms with Crippen molar-refractivity contribution in [1.29, 1.82) is 5.26 Å². The molecule has 0 aliphatic heterocycles. The molecule has 3 rings (SSSR count). The molecule has 24 heavy (non-hydrogen) atoms. The lowest BCUT2D eigenvalue weighted by Gasteiger charge is -2.11. The van der Waals surface area contributed by atoms with Crippen molar-refractivity contribution < 1.29 is 4.79 Å². The second-order valence-corrected chi connectivity index (χ2v) is 5.14. The fourth-order valence-corrected chi connectivity index (χ4v) is 2.54. The summed E-state index contributed by atoms with van der Waals surface area (Å²) in [5.41, 5.74) is 0.863. The van der Waals surface area contributed by atoms with Crippen molar-refractivity contribution in [2.75, 3.05) is 5.32 Å². The van der Waals surface area contributed by atoms with Gasteiger partial charge in [-0.25, -0.2) is 4.98 Å². The van der Waals surface area contributed by atoms with Crippen LogP contribution in [0.3, 0.4) is 0 Å². The van der Waals surface area contributed by atoms with Crippen LogP contribution in [0, 0.1) is 11.3 Å². The Labute approximate surface area is 138 Å². The third-order valence-corrected chi connectivity index (χ3v) is 3.70. The van der Waals surface area contributed by atoms with Gasteiger partial charge in [-0.3, -0.25) is 14.2 Å². The maximum atomic E-state index is 12.6. The maximum Gasteiger partial charge on any atom is 0.265 e. The highest BCUT2D eigenvalue weighted by molar-refractivity contribution is 6.06. The smallest absolute Gasteiger partial charge is 0.265 e. The van der Waals surface area contributed by atoms with Crippen LogP contribution in [-0.4, -0.2) is 15.5 Å². The van der Waals surface area contributed by atoms with Gasteiger partial charge in [-0.1, -0.05) is 12.1 Å². The second kappa shape index (κ2) is 6.34. The van der Waals surface area contributed by atoms with E-state index in [0.29, 0.717) is 28.8 Å². The zero-order chi connectivity index (χ0) is 17.1. The fraction of sp³-hybridized carbons (Fsp3) is 0.111. The molecular weight excluding hydrogens is 304 g/mol. The van der Waals surface area contributed by atoms with Crippen molar-refractivity contribution >= 4 is 22.6 Å². The van der Waals surface area contributed by atoms with E-state index in [1.165, 1.54) is 10.6 Å². The quantitative estimate of drug-likeness (QED) is 0.804. The van der Waals surface area contributed by atoms with Crippen LogP contribution in [0.15, 0.2) is 53.5 Å². The first-order valence-electron chi connectivity index (χ1n) is 7.44. The average Bonchev–Trinajstić information content (AvgIpc) is 2.61. The third kappa shape index (κ3) is 2.63. The SMILES string of the molecule is CCn1c(=O)c(C(=O)Nc2ccccc2C#N)cc2cccnc21. The topological polar surface area (TPSA) is 87.8 Å².